The summed E-state index contributed by atoms with van der Waals surface area (Å²) in [6.07, 6.45) is 8.32. The van der Waals surface area contributed by atoms with Crippen molar-refractivity contribution in [1.82, 2.24) is 25.1 Å². The van der Waals surface area contributed by atoms with Gasteiger partial charge < -0.3 is 31.9 Å². The smallest absolute Gasteiger partial charge is 0.354 e. The Balaban J connectivity index is 0.00000118. The molecule has 218 valence electrons. The number of hydrogen-bond donors (Lipinski definition) is 4. The Morgan fingerprint density at radius 3 is 2.23 bits per heavy atom. The number of nitrogens with two attached hydrogens (primary N) is 2. The molecule has 0 atom stereocenters. The van der Waals surface area contributed by atoms with Crippen LogP contribution < -0.4 is 32.7 Å². The van der Waals surface area contributed by atoms with E-state index in [0.29, 0.717) is 43.5 Å². The zero-order chi connectivity index (χ0) is 28.9. The summed E-state index contributed by atoms with van der Waals surface area (Å²) in [5.74, 6) is 0.590. The van der Waals surface area contributed by atoms with Gasteiger partial charge in [0.15, 0.2) is 0 Å². The number of rotatable bonds is 8. The lowest BCUT2D eigenvalue weighted by atomic mass is 9.52. The molecule has 1 spiro atoms. The molecule has 40 heavy (non-hydrogen) atoms. The molecule has 1 saturated heterocycles. The SMILES string of the molecule is CNC1CC2(C1)CC(NCCc1ccc(-n3ccc(N4CCN(C(=O)C(C)(C)N)CC4)nc3=O)cc1)C2.NC=O. The summed E-state index contributed by atoms with van der Waals surface area (Å²) in [5, 5.41) is 7.10. The predicted molar refractivity (Wildman–Crippen MR) is 156 cm³/mol. The monoisotopic (exact) mass is 552 g/mol. The van der Waals surface area contributed by atoms with Crippen LogP contribution in [0.3, 0.4) is 0 Å². The van der Waals surface area contributed by atoms with Crippen molar-refractivity contribution in [1.29, 1.82) is 0 Å². The molecule has 1 aliphatic heterocycles. The standard InChI is InChI=1S/C28H41N7O2.CH3NO/c1-27(2,29)25(36)34-14-12-33(13-15-34)24-9-11-35(26(37)32-24)23-6-4-20(5-7-23)8-10-31-22-18-28(19-22)16-21(17-28)30-3;2-1-3/h4-7,9,11,21-22,30-31H,8,10,12-19,29H2,1-3H3;1H,(H2,2,3). The van der Waals surface area contributed by atoms with E-state index >= 15 is 0 Å². The van der Waals surface area contributed by atoms with Crippen molar-refractivity contribution in [2.75, 3.05) is 44.7 Å². The number of primary amides is 1. The average Bonchev–Trinajstić information content (AvgIpc) is 2.89. The molecule has 2 aromatic rings. The molecule has 3 fully saturated rings. The largest absolute Gasteiger partial charge is 0.372 e. The number of amides is 2. The third-order valence-corrected chi connectivity index (χ3v) is 8.42. The maximum atomic E-state index is 12.8. The Kier molecular flexibility index (Phi) is 9.27. The van der Waals surface area contributed by atoms with Gasteiger partial charge in [0.05, 0.1) is 11.2 Å². The summed E-state index contributed by atoms with van der Waals surface area (Å²) in [4.78, 5) is 42.0. The Morgan fingerprint density at radius 1 is 1.07 bits per heavy atom. The second kappa shape index (κ2) is 12.5. The molecule has 5 rings (SSSR count). The van der Waals surface area contributed by atoms with Crippen LogP contribution >= 0.6 is 0 Å². The van der Waals surface area contributed by atoms with Gasteiger partial charge in [0.1, 0.15) is 5.82 Å². The first kappa shape index (κ1) is 29.7. The number of nitrogens with one attached hydrogen (secondary N) is 2. The first-order chi connectivity index (χ1) is 19.1. The van der Waals surface area contributed by atoms with E-state index in [0.717, 1.165) is 24.7 Å². The van der Waals surface area contributed by atoms with Crippen molar-refractivity contribution >= 4 is 18.1 Å². The number of hydrogen-bond acceptors (Lipinski definition) is 8. The lowest BCUT2D eigenvalue weighted by molar-refractivity contribution is -0.136. The van der Waals surface area contributed by atoms with Crippen molar-refractivity contribution < 1.29 is 9.59 Å². The summed E-state index contributed by atoms with van der Waals surface area (Å²) in [7, 11) is 2.07. The van der Waals surface area contributed by atoms with Crippen LogP contribution in [0.4, 0.5) is 5.82 Å². The van der Waals surface area contributed by atoms with Crippen LogP contribution in [0.2, 0.25) is 0 Å². The van der Waals surface area contributed by atoms with E-state index in [1.807, 2.05) is 23.1 Å². The van der Waals surface area contributed by atoms with Crippen LogP contribution in [0.5, 0.6) is 0 Å². The van der Waals surface area contributed by atoms with Crippen LogP contribution in [0.1, 0.15) is 45.1 Å². The summed E-state index contributed by atoms with van der Waals surface area (Å²) >= 11 is 0. The summed E-state index contributed by atoms with van der Waals surface area (Å²) in [5.41, 5.74) is 11.6. The highest BCUT2D eigenvalue weighted by atomic mass is 16.2. The number of benzene rings is 1. The summed E-state index contributed by atoms with van der Waals surface area (Å²) in [6, 6.07) is 11.4. The second-order valence-electron chi connectivity index (χ2n) is 11.9. The maximum Gasteiger partial charge on any atom is 0.354 e. The molecular formula is C29H44N8O3. The molecule has 1 aromatic heterocycles. The number of carbonyl (C=O) groups excluding carboxylic acids is 2. The van der Waals surface area contributed by atoms with Crippen LogP contribution in [0.15, 0.2) is 41.3 Å². The topological polar surface area (TPSA) is 152 Å². The second-order valence-corrected chi connectivity index (χ2v) is 11.9. The zero-order valence-corrected chi connectivity index (χ0v) is 23.9. The third kappa shape index (κ3) is 6.89. The zero-order valence-electron chi connectivity index (χ0n) is 23.9. The van der Waals surface area contributed by atoms with Crippen LogP contribution in [0.25, 0.3) is 5.69 Å². The number of piperazine rings is 1. The quantitative estimate of drug-likeness (QED) is 0.343. The van der Waals surface area contributed by atoms with E-state index in [9.17, 15) is 9.59 Å². The Hall–Kier alpha value is -3.28. The predicted octanol–water partition coefficient (Wildman–Crippen LogP) is 0.383. The van der Waals surface area contributed by atoms with E-state index in [-0.39, 0.29) is 18.0 Å². The van der Waals surface area contributed by atoms with E-state index in [4.69, 9.17) is 10.5 Å². The molecule has 2 saturated carbocycles. The van der Waals surface area contributed by atoms with Gasteiger partial charge in [-0.15, -0.1) is 0 Å². The highest BCUT2D eigenvalue weighted by Crippen LogP contribution is 2.55. The van der Waals surface area contributed by atoms with Gasteiger partial charge in [0.2, 0.25) is 12.3 Å². The first-order valence-corrected chi connectivity index (χ1v) is 14.2. The minimum atomic E-state index is -0.876. The lowest BCUT2D eigenvalue weighted by Crippen LogP contribution is -2.59. The molecule has 0 unspecified atom stereocenters. The van der Waals surface area contributed by atoms with Crippen molar-refractivity contribution in [3.63, 3.8) is 0 Å². The van der Waals surface area contributed by atoms with Crippen molar-refractivity contribution in [3.8, 4) is 5.69 Å². The van der Waals surface area contributed by atoms with Crippen molar-refractivity contribution in [2.45, 2.75) is 63.6 Å². The maximum absolute atomic E-state index is 12.8. The first-order valence-electron chi connectivity index (χ1n) is 14.2. The third-order valence-electron chi connectivity index (χ3n) is 8.42. The lowest BCUT2D eigenvalue weighted by Gasteiger charge is -2.58. The van der Waals surface area contributed by atoms with Gasteiger partial charge in [0, 0.05) is 44.5 Å². The molecule has 1 aromatic carbocycles. The van der Waals surface area contributed by atoms with Gasteiger partial charge in [-0.3, -0.25) is 14.2 Å². The number of anilines is 1. The van der Waals surface area contributed by atoms with Gasteiger partial charge in [-0.1, -0.05) is 12.1 Å². The average molecular weight is 553 g/mol. The molecule has 2 amide bonds. The van der Waals surface area contributed by atoms with E-state index in [1.165, 1.54) is 31.2 Å². The highest BCUT2D eigenvalue weighted by Gasteiger charge is 2.52. The fourth-order valence-corrected chi connectivity index (χ4v) is 6.21. The van der Waals surface area contributed by atoms with Crippen LogP contribution in [-0.4, -0.2) is 84.2 Å². The molecule has 2 aliphatic carbocycles. The van der Waals surface area contributed by atoms with E-state index < -0.39 is 5.54 Å². The Labute approximate surface area is 236 Å². The number of aromatic nitrogens is 2. The van der Waals surface area contributed by atoms with Gasteiger partial charge in [0.25, 0.3) is 0 Å². The minimum Gasteiger partial charge on any atom is -0.372 e. The van der Waals surface area contributed by atoms with Gasteiger partial charge >= 0.3 is 5.69 Å². The van der Waals surface area contributed by atoms with E-state index in [2.05, 4.69) is 40.5 Å². The Bertz CT molecular complexity index is 1200. The fraction of sp³-hybridized carbons (Fsp3) is 0.586. The summed E-state index contributed by atoms with van der Waals surface area (Å²) in [6.45, 7) is 6.82. The van der Waals surface area contributed by atoms with E-state index in [1.54, 1.807) is 29.5 Å². The van der Waals surface area contributed by atoms with Crippen molar-refractivity contribution in [2.24, 2.45) is 16.9 Å². The molecule has 3 aliphatic rings. The number of nitrogens with zero attached hydrogens (tertiary/aromatic N) is 4. The highest BCUT2D eigenvalue weighted by molar-refractivity contribution is 5.85. The Morgan fingerprint density at radius 2 is 1.68 bits per heavy atom. The molecule has 2 heterocycles. The fourth-order valence-electron chi connectivity index (χ4n) is 6.21. The van der Waals surface area contributed by atoms with Crippen LogP contribution in [-0.2, 0) is 16.0 Å². The molecule has 11 heteroatoms. The van der Waals surface area contributed by atoms with Crippen LogP contribution in [0, 0.1) is 5.41 Å². The van der Waals surface area contributed by atoms with Gasteiger partial charge in [-0.25, -0.2) is 4.79 Å². The molecule has 0 radical (unpaired) electrons. The molecule has 6 N–H and O–H groups in total. The molecule has 0 bridgehead atoms. The normalized spacial score (nSPS) is 24.0. The van der Waals surface area contributed by atoms with Gasteiger partial charge in [-0.05, 0) is 88.7 Å². The number of carbonyl (C=O) groups is 2. The summed E-state index contributed by atoms with van der Waals surface area (Å²) < 4.78 is 1.58. The minimum absolute atomic E-state index is 0.0530. The molecule has 11 nitrogen and oxygen atoms in total. The van der Waals surface area contributed by atoms with Gasteiger partial charge in [-0.2, -0.15) is 4.98 Å². The van der Waals surface area contributed by atoms with Crippen molar-refractivity contribution in [3.05, 3.63) is 52.6 Å². The molecular weight excluding hydrogens is 508 g/mol.